The molecule has 8 heteroatoms. The molecule has 7 nitrogen and oxygen atoms in total. The van der Waals surface area contributed by atoms with Crippen LogP contribution in [0.2, 0.25) is 0 Å². The van der Waals surface area contributed by atoms with Crippen LogP contribution in [0.4, 0.5) is 5.69 Å². The Labute approximate surface area is 166 Å². The van der Waals surface area contributed by atoms with E-state index in [1.54, 1.807) is 33.1 Å². The van der Waals surface area contributed by atoms with Crippen molar-refractivity contribution >= 4 is 21.6 Å². The van der Waals surface area contributed by atoms with E-state index in [1.165, 1.54) is 42.7 Å². The number of sulfonamides is 1. The lowest BCUT2D eigenvalue weighted by atomic mass is 10.1. The first-order valence-corrected chi connectivity index (χ1v) is 10.2. The third-order valence-corrected chi connectivity index (χ3v) is 6.55. The molecule has 0 heterocycles. The molecule has 0 aliphatic carbocycles. The van der Waals surface area contributed by atoms with Crippen molar-refractivity contribution in [3.05, 3.63) is 47.5 Å². The Hall–Kier alpha value is -2.58. The Morgan fingerprint density at radius 3 is 2.07 bits per heavy atom. The SMILES string of the molecule is COc1cc(C)c(NC(=O)c2ccc(S(=O)(=O)N(C)C(C)C)cc2)cc1OC. The fourth-order valence-corrected chi connectivity index (χ4v) is 3.90. The summed E-state index contributed by atoms with van der Waals surface area (Å²) >= 11 is 0. The molecule has 0 saturated heterocycles. The highest BCUT2D eigenvalue weighted by atomic mass is 32.2. The van der Waals surface area contributed by atoms with E-state index in [-0.39, 0.29) is 16.8 Å². The number of benzene rings is 2. The van der Waals surface area contributed by atoms with Crippen LogP contribution in [0.3, 0.4) is 0 Å². The van der Waals surface area contributed by atoms with E-state index >= 15 is 0 Å². The molecule has 2 rings (SSSR count). The second-order valence-corrected chi connectivity index (χ2v) is 8.61. The molecule has 0 atom stereocenters. The van der Waals surface area contributed by atoms with Crippen LogP contribution in [-0.4, -0.2) is 45.9 Å². The van der Waals surface area contributed by atoms with Crippen LogP contribution in [0.25, 0.3) is 0 Å². The van der Waals surface area contributed by atoms with E-state index in [2.05, 4.69) is 5.32 Å². The number of hydrogen-bond donors (Lipinski definition) is 1. The third kappa shape index (κ3) is 4.45. The normalized spacial score (nSPS) is 11.6. The van der Waals surface area contributed by atoms with Gasteiger partial charge in [-0.2, -0.15) is 4.31 Å². The number of hydrogen-bond acceptors (Lipinski definition) is 5. The predicted molar refractivity (Wildman–Crippen MR) is 109 cm³/mol. The smallest absolute Gasteiger partial charge is 0.255 e. The van der Waals surface area contributed by atoms with Crippen LogP contribution in [0.1, 0.15) is 29.8 Å². The lowest BCUT2D eigenvalue weighted by Crippen LogP contribution is -2.33. The number of carbonyl (C=O) groups excluding carboxylic acids is 1. The Balaban J connectivity index is 2.25. The number of amides is 1. The number of methoxy groups -OCH3 is 2. The Kier molecular flexibility index (Phi) is 6.69. The standard InChI is InChI=1S/C20H26N2O5S/c1-13(2)22(4)28(24,25)16-9-7-15(8-10-16)20(23)21-17-12-19(27-6)18(26-5)11-14(17)3/h7-13H,1-6H3,(H,21,23). The molecule has 28 heavy (non-hydrogen) atoms. The van der Waals surface area contributed by atoms with Gasteiger partial charge >= 0.3 is 0 Å². The van der Waals surface area contributed by atoms with E-state index in [0.717, 1.165) is 5.56 Å². The molecular formula is C20H26N2O5S. The Bertz CT molecular complexity index is 953. The van der Waals surface area contributed by atoms with Crippen molar-refractivity contribution < 1.29 is 22.7 Å². The first-order chi connectivity index (χ1) is 13.1. The van der Waals surface area contributed by atoms with Gasteiger partial charge in [0, 0.05) is 30.4 Å². The minimum absolute atomic E-state index is 0.141. The number of anilines is 1. The summed E-state index contributed by atoms with van der Waals surface area (Å²) in [5, 5.41) is 2.82. The van der Waals surface area contributed by atoms with Gasteiger partial charge in [-0.25, -0.2) is 8.42 Å². The number of rotatable bonds is 7. The summed E-state index contributed by atoms with van der Waals surface area (Å²) in [6, 6.07) is 9.14. The molecule has 2 aromatic carbocycles. The zero-order valence-electron chi connectivity index (χ0n) is 16.9. The van der Waals surface area contributed by atoms with E-state index in [0.29, 0.717) is 22.7 Å². The summed E-state index contributed by atoms with van der Waals surface area (Å²) in [6.45, 7) is 5.44. The van der Waals surface area contributed by atoms with Crippen molar-refractivity contribution in [2.45, 2.75) is 31.7 Å². The third-order valence-electron chi connectivity index (χ3n) is 4.50. The molecule has 0 fully saturated rings. The first kappa shape index (κ1) is 21.7. The van der Waals surface area contributed by atoms with Crippen LogP contribution in [0, 0.1) is 6.92 Å². The monoisotopic (exact) mass is 406 g/mol. The quantitative estimate of drug-likeness (QED) is 0.763. The Morgan fingerprint density at radius 2 is 1.57 bits per heavy atom. The number of nitrogens with zero attached hydrogens (tertiary/aromatic N) is 1. The predicted octanol–water partition coefficient (Wildman–Crippen LogP) is 3.29. The van der Waals surface area contributed by atoms with Crippen LogP contribution in [0.5, 0.6) is 11.5 Å². The maximum Gasteiger partial charge on any atom is 0.255 e. The van der Waals surface area contributed by atoms with Crippen LogP contribution < -0.4 is 14.8 Å². The number of carbonyl (C=O) groups is 1. The number of ether oxygens (including phenoxy) is 2. The maximum atomic E-state index is 12.6. The van der Waals surface area contributed by atoms with Gasteiger partial charge in [-0.15, -0.1) is 0 Å². The molecule has 0 aliphatic heterocycles. The van der Waals surface area contributed by atoms with Gasteiger partial charge < -0.3 is 14.8 Å². The average molecular weight is 407 g/mol. The summed E-state index contributed by atoms with van der Waals surface area (Å²) in [5.74, 6) is 0.722. The van der Waals surface area contributed by atoms with E-state index in [1.807, 2.05) is 6.92 Å². The first-order valence-electron chi connectivity index (χ1n) is 8.74. The lowest BCUT2D eigenvalue weighted by molar-refractivity contribution is 0.102. The summed E-state index contributed by atoms with van der Waals surface area (Å²) in [7, 11) is 1.000. The van der Waals surface area contributed by atoms with Gasteiger partial charge in [0.25, 0.3) is 5.91 Å². The molecule has 0 aromatic heterocycles. The van der Waals surface area contributed by atoms with Gasteiger partial charge in [0.2, 0.25) is 10.0 Å². The van der Waals surface area contributed by atoms with Crippen LogP contribution >= 0.6 is 0 Å². The fourth-order valence-electron chi connectivity index (χ4n) is 2.53. The average Bonchev–Trinajstić information content (AvgIpc) is 2.68. The highest BCUT2D eigenvalue weighted by molar-refractivity contribution is 7.89. The van der Waals surface area contributed by atoms with Crippen LogP contribution in [0.15, 0.2) is 41.3 Å². The van der Waals surface area contributed by atoms with Crippen molar-refractivity contribution in [2.24, 2.45) is 0 Å². The van der Waals surface area contributed by atoms with Gasteiger partial charge in [-0.1, -0.05) is 0 Å². The van der Waals surface area contributed by atoms with Crippen molar-refractivity contribution in [3.8, 4) is 11.5 Å². The minimum atomic E-state index is -3.59. The number of aryl methyl sites for hydroxylation is 1. The number of nitrogens with one attached hydrogen (secondary N) is 1. The molecule has 0 radical (unpaired) electrons. The molecule has 1 N–H and O–H groups in total. The van der Waals surface area contributed by atoms with Gasteiger partial charge in [-0.05, 0) is 56.7 Å². The van der Waals surface area contributed by atoms with Gasteiger partial charge in [0.15, 0.2) is 11.5 Å². The van der Waals surface area contributed by atoms with Crippen molar-refractivity contribution in [3.63, 3.8) is 0 Å². The molecule has 0 spiro atoms. The molecule has 152 valence electrons. The minimum Gasteiger partial charge on any atom is -0.493 e. The van der Waals surface area contributed by atoms with Crippen molar-refractivity contribution in [1.82, 2.24) is 4.31 Å². The van der Waals surface area contributed by atoms with Crippen molar-refractivity contribution in [1.29, 1.82) is 0 Å². The summed E-state index contributed by atoms with van der Waals surface area (Å²) < 4.78 is 36.8. The molecule has 1 amide bonds. The molecular weight excluding hydrogens is 380 g/mol. The largest absolute Gasteiger partial charge is 0.493 e. The second-order valence-electron chi connectivity index (χ2n) is 6.62. The maximum absolute atomic E-state index is 12.6. The molecule has 0 aliphatic rings. The molecule has 2 aromatic rings. The van der Waals surface area contributed by atoms with Gasteiger partial charge in [-0.3, -0.25) is 4.79 Å². The highest BCUT2D eigenvalue weighted by Crippen LogP contribution is 2.33. The van der Waals surface area contributed by atoms with E-state index in [9.17, 15) is 13.2 Å². The van der Waals surface area contributed by atoms with Gasteiger partial charge in [0.05, 0.1) is 19.1 Å². The summed E-state index contributed by atoms with van der Waals surface area (Å²) in [6.07, 6.45) is 0. The van der Waals surface area contributed by atoms with Crippen LogP contribution in [-0.2, 0) is 10.0 Å². The molecule has 0 unspecified atom stereocenters. The van der Waals surface area contributed by atoms with Crippen molar-refractivity contribution in [2.75, 3.05) is 26.6 Å². The van der Waals surface area contributed by atoms with Gasteiger partial charge in [0.1, 0.15) is 0 Å². The fraction of sp³-hybridized carbons (Fsp3) is 0.350. The Morgan fingerprint density at radius 1 is 1.04 bits per heavy atom. The topological polar surface area (TPSA) is 84.9 Å². The highest BCUT2D eigenvalue weighted by Gasteiger charge is 2.23. The van der Waals surface area contributed by atoms with E-state index in [4.69, 9.17) is 9.47 Å². The zero-order valence-corrected chi connectivity index (χ0v) is 17.8. The molecule has 0 bridgehead atoms. The summed E-state index contributed by atoms with van der Waals surface area (Å²) in [4.78, 5) is 12.7. The lowest BCUT2D eigenvalue weighted by Gasteiger charge is -2.21. The summed E-state index contributed by atoms with van der Waals surface area (Å²) in [5.41, 5.74) is 1.74. The molecule has 0 saturated carbocycles. The zero-order chi connectivity index (χ0) is 21.1. The van der Waals surface area contributed by atoms with E-state index < -0.39 is 10.0 Å². The second kappa shape index (κ2) is 8.62.